The number of hydrogen-bond donors (Lipinski definition) is 4. The number of aliphatic hydroxyl groups excluding tert-OH is 2. The average molecular weight is 488 g/mol. The van der Waals surface area contributed by atoms with E-state index in [1.54, 1.807) is 6.07 Å². The number of aliphatic hydroxyl groups is 2. The van der Waals surface area contributed by atoms with Gasteiger partial charge in [-0.3, -0.25) is 9.00 Å². The van der Waals surface area contributed by atoms with Crippen molar-refractivity contribution in [3.63, 3.8) is 0 Å². The monoisotopic (exact) mass is 487 g/mol. The first-order valence-electron chi connectivity index (χ1n) is 10.4. The van der Waals surface area contributed by atoms with Crippen LogP contribution in [0.2, 0.25) is 0 Å². The zero-order valence-electron chi connectivity index (χ0n) is 18.7. The van der Waals surface area contributed by atoms with Crippen molar-refractivity contribution in [3.8, 4) is 0 Å². The highest BCUT2D eigenvalue weighted by molar-refractivity contribution is 7.84. The van der Waals surface area contributed by atoms with Gasteiger partial charge in [0.2, 0.25) is 5.95 Å². The van der Waals surface area contributed by atoms with E-state index in [4.69, 9.17) is 0 Å². The van der Waals surface area contributed by atoms with Gasteiger partial charge >= 0.3 is 0 Å². The van der Waals surface area contributed by atoms with Crippen LogP contribution in [0.25, 0.3) is 0 Å². The van der Waals surface area contributed by atoms with Gasteiger partial charge in [0.05, 0.1) is 35.0 Å². The van der Waals surface area contributed by atoms with Crippen molar-refractivity contribution >= 4 is 34.2 Å². The maximum atomic E-state index is 14.2. The number of amides is 1. The Kier molecular flexibility index (Phi) is 8.63. The van der Waals surface area contributed by atoms with Gasteiger partial charge < -0.3 is 25.7 Å². The van der Waals surface area contributed by atoms with E-state index in [9.17, 15) is 23.6 Å². The van der Waals surface area contributed by atoms with Gasteiger partial charge in [-0.2, -0.15) is 4.98 Å². The van der Waals surface area contributed by atoms with Crippen molar-refractivity contribution in [1.29, 1.82) is 0 Å². The standard InChI is InChI=1S/C23H26FN5O4S/c1-29(10-11-30)22(32)17-13-25-23(26-16-8-9-20(34(2)33)18(24)12-16)28-21(17)27-19(14-31)15-6-4-3-5-7-15/h3-9,12-13,19,30-31H,10-11,14H2,1-2H3,(H2,25,26,27,28). The molecular formula is C23H26FN5O4S. The lowest BCUT2D eigenvalue weighted by Crippen LogP contribution is -2.31. The van der Waals surface area contributed by atoms with Crippen molar-refractivity contribution in [2.75, 3.05) is 43.7 Å². The summed E-state index contributed by atoms with van der Waals surface area (Å²) in [5.41, 5.74) is 1.25. The molecule has 3 aromatic rings. The van der Waals surface area contributed by atoms with Crippen molar-refractivity contribution in [2.45, 2.75) is 10.9 Å². The molecule has 0 aliphatic heterocycles. The fraction of sp³-hybridized carbons (Fsp3) is 0.261. The quantitative estimate of drug-likeness (QED) is 0.343. The van der Waals surface area contributed by atoms with E-state index in [2.05, 4.69) is 20.6 Å². The van der Waals surface area contributed by atoms with Crippen molar-refractivity contribution in [2.24, 2.45) is 0 Å². The highest BCUT2D eigenvalue weighted by Gasteiger charge is 2.21. The summed E-state index contributed by atoms with van der Waals surface area (Å²) in [5.74, 6) is -0.819. The fourth-order valence-corrected chi connectivity index (χ4v) is 3.78. The van der Waals surface area contributed by atoms with Crippen LogP contribution >= 0.6 is 0 Å². The molecule has 0 fully saturated rings. The molecule has 0 spiro atoms. The number of rotatable bonds is 10. The number of aromatic nitrogens is 2. The number of anilines is 3. The zero-order chi connectivity index (χ0) is 24.7. The van der Waals surface area contributed by atoms with Crippen LogP contribution in [-0.2, 0) is 10.8 Å². The molecule has 2 aromatic carbocycles. The number of hydrogen-bond acceptors (Lipinski definition) is 8. The van der Waals surface area contributed by atoms with Crippen LogP contribution in [0.4, 0.5) is 21.8 Å². The SMILES string of the molecule is CN(CCO)C(=O)c1cnc(Nc2ccc(S(C)=O)c(F)c2)nc1NC(CO)c1ccccc1. The molecule has 0 aliphatic rings. The Balaban J connectivity index is 1.96. The van der Waals surface area contributed by atoms with Gasteiger partial charge in [0.25, 0.3) is 5.91 Å². The minimum atomic E-state index is -1.47. The van der Waals surface area contributed by atoms with Crippen LogP contribution in [0.3, 0.4) is 0 Å². The third-order valence-electron chi connectivity index (χ3n) is 4.99. The van der Waals surface area contributed by atoms with Gasteiger partial charge in [-0.25, -0.2) is 9.37 Å². The minimum Gasteiger partial charge on any atom is -0.395 e. The van der Waals surface area contributed by atoms with Crippen molar-refractivity contribution in [3.05, 3.63) is 71.7 Å². The van der Waals surface area contributed by atoms with E-state index in [-0.39, 0.29) is 42.0 Å². The van der Waals surface area contributed by atoms with Gasteiger partial charge in [0.1, 0.15) is 17.2 Å². The summed E-state index contributed by atoms with van der Waals surface area (Å²) >= 11 is 0. The van der Waals surface area contributed by atoms with Crippen LogP contribution in [0.1, 0.15) is 22.0 Å². The van der Waals surface area contributed by atoms with Gasteiger partial charge in [-0.05, 0) is 23.8 Å². The lowest BCUT2D eigenvalue weighted by Gasteiger charge is -2.22. The van der Waals surface area contributed by atoms with E-state index >= 15 is 0 Å². The third kappa shape index (κ3) is 6.13. The number of nitrogens with zero attached hydrogens (tertiary/aromatic N) is 3. The average Bonchev–Trinajstić information content (AvgIpc) is 2.82. The van der Waals surface area contributed by atoms with Crippen LogP contribution < -0.4 is 10.6 Å². The van der Waals surface area contributed by atoms with Gasteiger partial charge in [0, 0.05) is 31.7 Å². The van der Waals surface area contributed by atoms with Crippen LogP contribution in [0, 0.1) is 5.82 Å². The predicted molar refractivity (Wildman–Crippen MR) is 128 cm³/mol. The van der Waals surface area contributed by atoms with Crippen LogP contribution in [-0.4, -0.2) is 68.3 Å². The smallest absolute Gasteiger partial charge is 0.259 e. The molecule has 0 saturated heterocycles. The Bertz CT molecular complexity index is 1170. The van der Waals surface area contributed by atoms with Crippen LogP contribution in [0.5, 0.6) is 0 Å². The summed E-state index contributed by atoms with van der Waals surface area (Å²) in [4.78, 5) is 22.9. The van der Waals surface area contributed by atoms with E-state index in [1.807, 2.05) is 30.3 Å². The first-order chi connectivity index (χ1) is 16.3. The first-order valence-corrected chi connectivity index (χ1v) is 12.0. The first kappa shape index (κ1) is 25.2. The van der Waals surface area contributed by atoms with Crippen molar-refractivity contribution in [1.82, 2.24) is 14.9 Å². The molecule has 0 saturated carbocycles. The second-order valence-corrected chi connectivity index (χ2v) is 8.77. The lowest BCUT2D eigenvalue weighted by molar-refractivity contribution is 0.0767. The molecule has 0 bridgehead atoms. The molecule has 1 heterocycles. The molecule has 2 unspecified atom stereocenters. The Labute approximate surface area is 199 Å². The largest absolute Gasteiger partial charge is 0.395 e. The molecule has 0 aliphatic carbocycles. The number of carbonyl (C=O) groups excluding carboxylic acids is 1. The molecule has 9 nitrogen and oxygen atoms in total. The second-order valence-electron chi connectivity index (χ2n) is 7.42. The normalized spacial score (nSPS) is 12.6. The summed E-state index contributed by atoms with van der Waals surface area (Å²) in [6.45, 7) is -0.360. The Hall–Kier alpha value is -3.41. The maximum absolute atomic E-state index is 14.2. The topological polar surface area (TPSA) is 128 Å². The number of benzene rings is 2. The molecule has 4 N–H and O–H groups in total. The highest BCUT2D eigenvalue weighted by Crippen LogP contribution is 2.25. The Morgan fingerprint density at radius 3 is 2.56 bits per heavy atom. The second kappa shape index (κ2) is 11.6. The molecule has 1 amide bonds. The van der Waals surface area contributed by atoms with E-state index in [0.717, 1.165) is 5.56 Å². The Morgan fingerprint density at radius 1 is 1.21 bits per heavy atom. The molecule has 2 atom stereocenters. The summed E-state index contributed by atoms with van der Waals surface area (Å²) in [6.07, 6.45) is 2.71. The summed E-state index contributed by atoms with van der Waals surface area (Å²) in [6, 6.07) is 12.7. The molecule has 0 radical (unpaired) electrons. The summed E-state index contributed by atoms with van der Waals surface area (Å²) in [5, 5.41) is 25.1. The maximum Gasteiger partial charge on any atom is 0.259 e. The van der Waals surface area contributed by atoms with Gasteiger partial charge in [-0.1, -0.05) is 30.3 Å². The van der Waals surface area contributed by atoms with Crippen LogP contribution in [0.15, 0.2) is 59.6 Å². The zero-order valence-corrected chi connectivity index (χ0v) is 19.6. The van der Waals surface area contributed by atoms with E-state index in [0.29, 0.717) is 5.69 Å². The molecular weight excluding hydrogens is 461 g/mol. The number of carbonyl (C=O) groups is 1. The number of likely N-dealkylation sites (N-methyl/N-ethyl adjacent to an activating group) is 1. The van der Waals surface area contributed by atoms with Gasteiger partial charge in [0.15, 0.2) is 0 Å². The van der Waals surface area contributed by atoms with Gasteiger partial charge in [-0.15, -0.1) is 0 Å². The van der Waals surface area contributed by atoms with E-state index < -0.39 is 28.6 Å². The molecule has 180 valence electrons. The summed E-state index contributed by atoms with van der Waals surface area (Å²) < 4.78 is 25.8. The molecule has 3 rings (SSSR count). The fourth-order valence-electron chi connectivity index (χ4n) is 3.19. The number of halogens is 1. The molecule has 34 heavy (non-hydrogen) atoms. The Morgan fingerprint density at radius 2 is 1.94 bits per heavy atom. The van der Waals surface area contributed by atoms with E-state index in [1.165, 1.54) is 36.5 Å². The summed E-state index contributed by atoms with van der Waals surface area (Å²) in [7, 11) is 0.0714. The minimum absolute atomic E-state index is 0.0790. The third-order valence-corrected chi connectivity index (χ3v) is 5.94. The molecule has 11 heteroatoms. The lowest BCUT2D eigenvalue weighted by atomic mass is 10.1. The highest BCUT2D eigenvalue weighted by atomic mass is 32.2. The number of nitrogens with one attached hydrogen (secondary N) is 2. The van der Waals surface area contributed by atoms with Crippen molar-refractivity contribution < 1.29 is 23.6 Å². The molecule has 1 aromatic heterocycles. The predicted octanol–water partition coefficient (Wildman–Crippen LogP) is 2.31.